The highest BCUT2D eigenvalue weighted by molar-refractivity contribution is 5.89. The number of nitrogens with one attached hydrogen (secondary N) is 1. The smallest absolute Gasteiger partial charge is 0.321 e. The summed E-state index contributed by atoms with van der Waals surface area (Å²) >= 11 is 0. The maximum Gasteiger partial charge on any atom is 0.321 e. The summed E-state index contributed by atoms with van der Waals surface area (Å²) < 4.78 is 10.4. The molecular formula is C20H22N6O3. The second kappa shape index (κ2) is 8.68. The topological polar surface area (TPSA) is 106 Å². The number of hydrogen-bond donors (Lipinski definition) is 1. The first-order valence-electron chi connectivity index (χ1n) is 9.50. The van der Waals surface area contributed by atoms with Crippen molar-refractivity contribution < 1.29 is 14.1 Å². The molecule has 0 bridgehead atoms. The number of ether oxygens (including phenoxy) is 1. The Bertz CT molecular complexity index is 944. The Labute approximate surface area is 168 Å². The number of urea groups is 1. The molecule has 9 heteroatoms. The Balaban J connectivity index is 1.34. The van der Waals surface area contributed by atoms with Crippen LogP contribution in [-0.2, 0) is 6.42 Å². The van der Waals surface area contributed by atoms with Gasteiger partial charge in [0.25, 0.3) is 5.89 Å². The van der Waals surface area contributed by atoms with E-state index in [0.717, 1.165) is 30.8 Å². The van der Waals surface area contributed by atoms with E-state index in [-0.39, 0.29) is 11.9 Å². The van der Waals surface area contributed by atoms with Crippen LogP contribution in [0.25, 0.3) is 11.6 Å². The summed E-state index contributed by atoms with van der Waals surface area (Å²) in [5.41, 5.74) is 1.29. The molecule has 150 valence electrons. The van der Waals surface area contributed by atoms with Crippen molar-refractivity contribution in [2.24, 2.45) is 5.92 Å². The van der Waals surface area contributed by atoms with Gasteiger partial charge in [-0.1, -0.05) is 5.16 Å². The van der Waals surface area contributed by atoms with Gasteiger partial charge in [-0.05, 0) is 43.0 Å². The van der Waals surface area contributed by atoms with Crippen molar-refractivity contribution in [3.63, 3.8) is 0 Å². The normalized spacial score (nSPS) is 16.4. The number of hydrogen-bond acceptors (Lipinski definition) is 7. The number of methoxy groups -OCH3 is 1. The number of carbonyl (C=O) groups excluding carboxylic acids is 1. The zero-order valence-corrected chi connectivity index (χ0v) is 16.1. The fraction of sp³-hybridized carbons (Fsp3) is 0.350. The van der Waals surface area contributed by atoms with Gasteiger partial charge in [-0.2, -0.15) is 4.98 Å². The van der Waals surface area contributed by atoms with Crippen molar-refractivity contribution in [1.82, 2.24) is 25.0 Å². The summed E-state index contributed by atoms with van der Waals surface area (Å²) in [5, 5.41) is 7.00. The van der Waals surface area contributed by atoms with Gasteiger partial charge in [0, 0.05) is 37.6 Å². The van der Waals surface area contributed by atoms with E-state index in [4.69, 9.17) is 9.26 Å². The van der Waals surface area contributed by atoms with E-state index in [9.17, 15) is 4.79 Å². The molecule has 1 fully saturated rings. The van der Waals surface area contributed by atoms with Gasteiger partial charge < -0.3 is 19.5 Å². The number of carbonyl (C=O) groups is 1. The molecule has 0 saturated carbocycles. The van der Waals surface area contributed by atoms with Crippen LogP contribution in [0.3, 0.4) is 0 Å². The van der Waals surface area contributed by atoms with E-state index in [0.29, 0.717) is 30.4 Å². The second-order valence-electron chi connectivity index (χ2n) is 6.92. The summed E-state index contributed by atoms with van der Waals surface area (Å²) in [6.45, 7) is 1.38. The predicted octanol–water partition coefficient (Wildman–Crippen LogP) is 3.02. The van der Waals surface area contributed by atoms with Crippen molar-refractivity contribution in [1.29, 1.82) is 0 Å². The molecule has 1 aliphatic rings. The minimum absolute atomic E-state index is 0.103. The van der Waals surface area contributed by atoms with Crippen LogP contribution in [0.1, 0.15) is 18.7 Å². The average molecular weight is 394 g/mol. The van der Waals surface area contributed by atoms with E-state index in [1.807, 2.05) is 29.2 Å². The summed E-state index contributed by atoms with van der Waals surface area (Å²) in [7, 11) is 1.61. The molecule has 1 aromatic carbocycles. The molecule has 0 spiro atoms. The molecule has 4 rings (SSSR count). The summed E-state index contributed by atoms with van der Waals surface area (Å²) in [6.07, 6.45) is 7.37. The van der Waals surface area contributed by atoms with Crippen molar-refractivity contribution in [2.75, 3.05) is 25.5 Å². The lowest BCUT2D eigenvalue weighted by Crippen LogP contribution is -2.42. The first kappa shape index (κ1) is 18.9. The Morgan fingerprint density at radius 2 is 2.17 bits per heavy atom. The molecule has 1 N–H and O–H groups in total. The van der Waals surface area contributed by atoms with E-state index in [1.165, 1.54) is 0 Å². The van der Waals surface area contributed by atoms with Gasteiger partial charge in [-0.15, -0.1) is 0 Å². The first-order chi connectivity index (χ1) is 14.2. The van der Waals surface area contributed by atoms with Crippen LogP contribution in [0.15, 0.2) is 47.4 Å². The van der Waals surface area contributed by atoms with Crippen LogP contribution in [0.4, 0.5) is 10.5 Å². The first-order valence-corrected chi connectivity index (χ1v) is 9.50. The van der Waals surface area contributed by atoms with Crippen LogP contribution in [0.5, 0.6) is 5.75 Å². The van der Waals surface area contributed by atoms with E-state index < -0.39 is 0 Å². The van der Waals surface area contributed by atoms with Crippen molar-refractivity contribution >= 4 is 11.7 Å². The zero-order valence-electron chi connectivity index (χ0n) is 16.1. The molecule has 2 amide bonds. The van der Waals surface area contributed by atoms with Gasteiger partial charge >= 0.3 is 6.03 Å². The minimum Gasteiger partial charge on any atom is -0.497 e. The minimum atomic E-state index is -0.103. The second-order valence-corrected chi connectivity index (χ2v) is 6.92. The lowest BCUT2D eigenvalue weighted by atomic mass is 9.95. The third-order valence-corrected chi connectivity index (χ3v) is 4.87. The van der Waals surface area contributed by atoms with Gasteiger partial charge in [0.1, 0.15) is 11.4 Å². The molecular weight excluding hydrogens is 372 g/mol. The number of benzene rings is 1. The zero-order chi connectivity index (χ0) is 20.1. The Morgan fingerprint density at radius 3 is 2.93 bits per heavy atom. The maximum absolute atomic E-state index is 12.6. The molecule has 1 aliphatic heterocycles. The molecule has 1 saturated heterocycles. The van der Waals surface area contributed by atoms with Gasteiger partial charge in [0.2, 0.25) is 0 Å². The number of nitrogens with zero attached hydrogens (tertiary/aromatic N) is 5. The number of likely N-dealkylation sites (tertiary alicyclic amines) is 1. The Hall–Kier alpha value is -3.49. The van der Waals surface area contributed by atoms with E-state index >= 15 is 0 Å². The highest BCUT2D eigenvalue weighted by Gasteiger charge is 2.25. The van der Waals surface area contributed by atoms with Gasteiger partial charge in [-0.25, -0.2) is 9.78 Å². The van der Waals surface area contributed by atoms with Crippen LogP contribution < -0.4 is 10.1 Å². The summed E-state index contributed by atoms with van der Waals surface area (Å²) in [5.74, 6) is 2.01. The molecule has 0 aliphatic carbocycles. The molecule has 0 radical (unpaired) electrons. The van der Waals surface area contributed by atoms with Crippen LogP contribution in [0, 0.1) is 5.92 Å². The van der Waals surface area contributed by atoms with Crippen LogP contribution in [-0.4, -0.2) is 51.2 Å². The van der Waals surface area contributed by atoms with Crippen molar-refractivity contribution in [2.45, 2.75) is 19.3 Å². The average Bonchev–Trinajstić information content (AvgIpc) is 3.23. The molecule has 3 aromatic rings. The summed E-state index contributed by atoms with van der Waals surface area (Å²) in [6, 6.07) is 7.18. The van der Waals surface area contributed by atoms with Crippen LogP contribution in [0.2, 0.25) is 0 Å². The van der Waals surface area contributed by atoms with Crippen molar-refractivity contribution in [3.05, 3.63) is 48.7 Å². The summed E-state index contributed by atoms with van der Waals surface area (Å²) in [4.78, 5) is 27.1. The van der Waals surface area contributed by atoms with Crippen molar-refractivity contribution in [3.8, 4) is 17.3 Å². The highest BCUT2D eigenvalue weighted by Crippen LogP contribution is 2.22. The molecule has 29 heavy (non-hydrogen) atoms. The number of rotatable bonds is 5. The fourth-order valence-corrected chi connectivity index (χ4v) is 3.40. The third kappa shape index (κ3) is 4.68. The quantitative estimate of drug-likeness (QED) is 0.709. The SMILES string of the molecule is COc1ccc(NC(=O)N2CCCC(Cc3noc(-c4cnccn4)n3)C2)cc1. The van der Waals surface area contributed by atoms with Gasteiger partial charge in [0.05, 0.1) is 13.3 Å². The molecule has 2 aromatic heterocycles. The number of anilines is 1. The predicted molar refractivity (Wildman–Crippen MR) is 105 cm³/mol. The Kier molecular flexibility index (Phi) is 5.64. The van der Waals surface area contributed by atoms with Gasteiger partial charge in [-0.3, -0.25) is 4.98 Å². The molecule has 9 nitrogen and oxygen atoms in total. The lowest BCUT2D eigenvalue weighted by Gasteiger charge is -2.32. The van der Waals surface area contributed by atoms with Gasteiger partial charge in [0.15, 0.2) is 5.82 Å². The Morgan fingerprint density at radius 1 is 1.31 bits per heavy atom. The lowest BCUT2D eigenvalue weighted by molar-refractivity contribution is 0.176. The standard InChI is InChI=1S/C20H22N6O3/c1-28-16-6-4-15(5-7-16)23-20(27)26-10-2-3-14(13-26)11-18-24-19(29-25-18)17-12-21-8-9-22-17/h4-9,12,14H,2-3,10-11,13H2,1H3,(H,23,27). The van der Waals surface area contributed by atoms with E-state index in [1.54, 1.807) is 25.7 Å². The molecule has 1 atom stereocenters. The molecule has 1 unspecified atom stereocenters. The molecule has 3 heterocycles. The number of piperidine rings is 1. The van der Waals surface area contributed by atoms with E-state index in [2.05, 4.69) is 25.4 Å². The number of amides is 2. The fourth-order valence-electron chi connectivity index (χ4n) is 3.40. The van der Waals surface area contributed by atoms with Crippen LogP contribution >= 0.6 is 0 Å². The largest absolute Gasteiger partial charge is 0.497 e. The third-order valence-electron chi connectivity index (χ3n) is 4.87. The monoisotopic (exact) mass is 394 g/mol. The maximum atomic E-state index is 12.6. The number of aromatic nitrogens is 4. The highest BCUT2D eigenvalue weighted by atomic mass is 16.5.